The fraction of sp³-hybridized carbons (Fsp3) is 0.643. The first-order chi connectivity index (χ1) is 8.56. The minimum absolute atomic E-state index is 0.109. The van der Waals surface area contributed by atoms with E-state index in [0.717, 1.165) is 30.6 Å². The van der Waals surface area contributed by atoms with Crippen LogP contribution in [0, 0.1) is 0 Å². The van der Waals surface area contributed by atoms with Gasteiger partial charge in [0.1, 0.15) is 12.7 Å². The summed E-state index contributed by atoms with van der Waals surface area (Å²) in [6.45, 7) is 9.53. The average molecular weight is 252 g/mol. The summed E-state index contributed by atoms with van der Waals surface area (Å²) >= 11 is 0. The highest BCUT2D eigenvalue weighted by Crippen LogP contribution is 2.26. The van der Waals surface area contributed by atoms with Gasteiger partial charge < -0.3 is 14.2 Å². The molecule has 4 nitrogen and oxygen atoms in total. The van der Waals surface area contributed by atoms with Crippen LogP contribution in [0.5, 0.6) is 0 Å². The van der Waals surface area contributed by atoms with Crippen molar-refractivity contribution in [3.8, 4) is 0 Å². The van der Waals surface area contributed by atoms with E-state index in [4.69, 9.17) is 14.2 Å². The normalized spacial score (nSPS) is 26.3. The molecular weight excluding hydrogens is 232 g/mol. The van der Waals surface area contributed by atoms with Crippen LogP contribution in [0.4, 0.5) is 0 Å². The summed E-state index contributed by atoms with van der Waals surface area (Å²) in [5, 5.41) is 0. The Morgan fingerprint density at radius 2 is 1.89 bits per heavy atom. The molecule has 4 heteroatoms. The molecule has 0 saturated carbocycles. The van der Waals surface area contributed by atoms with Crippen molar-refractivity contribution in [3.05, 3.63) is 23.3 Å². The maximum atomic E-state index is 11.9. The number of esters is 1. The highest BCUT2D eigenvalue weighted by Gasteiger charge is 2.27. The van der Waals surface area contributed by atoms with Crippen LogP contribution in [0.2, 0.25) is 0 Å². The van der Waals surface area contributed by atoms with Crippen molar-refractivity contribution in [2.75, 3.05) is 19.8 Å². The molecule has 2 aliphatic heterocycles. The van der Waals surface area contributed by atoms with Gasteiger partial charge in [-0.05, 0) is 26.7 Å². The van der Waals surface area contributed by atoms with Gasteiger partial charge in [-0.2, -0.15) is 0 Å². The molecule has 2 fully saturated rings. The Morgan fingerprint density at radius 3 is 2.39 bits per heavy atom. The van der Waals surface area contributed by atoms with Crippen LogP contribution in [0.15, 0.2) is 23.3 Å². The summed E-state index contributed by atoms with van der Waals surface area (Å²) in [7, 11) is 0. The predicted molar refractivity (Wildman–Crippen MR) is 67.2 cm³/mol. The van der Waals surface area contributed by atoms with Crippen molar-refractivity contribution in [2.24, 2.45) is 0 Å². The van der Waals surface area contributed by atoms with Gasteiger partial charge >= 0.3 is 5.97 Å². The molecule has 2 rings (SSSR count). The van der Waals surface area contributed by atoms with E-state index in [1.807, 2.05) is 13.8 Å². The molecule has 2 aliphatic rings. The molecule has 0 aromatic heterocycles. The van der Waals surface area contributed by atoms with Gasteiger partial charge in [0.05, 0.1) is 19.3 Å². The number of epoxide rings is 2. The quantitative estimate of drug-likeness (QED) is 0.301. The predicted octanol–water partition coefficient (Wildman–Crippen LogP) is 2.00. The van der Waals surface area contributed by atoms with E-state index in [1.54, 1.807) is 0 Å². The third-order valence-corrected chi connectivity index (χ3v) is 3.03. The van der Waals surface area contributed by atoms with Crippen LogP contribution < -0.4 is 0 Å². The van der Waals surface area contributed by atoms with Crippen molar-refractivity contribution >= 4 is 5.97 Å². The Hall–Kier alpha value is -1.13. The van der Waals surface area contributed by atoms with Crippen molar-refractivity contribution < 1.29 is 19.0 Å². The zero-order valence-electron chi connectivity index (χ0n) is 11.0. The highest BCUT2D eigenvalue weighted by atomic mass is 16.6. The van der Waals surface area contributed by atoms with E-state index < -0.39 is 0 Å². The maximum absolute atomic E-state index is 11.9. The van der Waals surface area contributed by atoms with Crippen LogP contribution >= 0.6 is 0 Å². The molecule has 0 amide bonds. The molecule has 0 aromatic carbocycles. The molecule has 0 N–H and O–H groups in total. The fourth-order valence-corrected chi connectivity index (χ4v) is 1.77. The monoisotopic (exact) mass is 252 g/mol. The van der Waals surface area contributed by atoms with E-state index in [2.05, 4.69) is 6.58 Å². The summed E-state index contributed by atoms with van der Waals surface area (Å²) in [5.74, 6) is -0.248. The van der Waals surface area contributed by atoms with Crippen LogP contribution in [-0.2, 0) is 19.0 Å². The first-order valence-electron chi connectivity index (χ1n) is 6.29. The van der Waals surface area contributed by atoms with Gasteiger partial charge in [0.2, 0.25) is 0 Å². The topological polar surface area (TPSA) is 51.4 Å². The van der Waals surface area contributed by atoms with Gasteiger partial charge in [0.25, 0.3) is 0 Å². The molecule has 2 saturated heterocycles. The molecule has 0 bridgehead atoms. The van der Waals surface area contributed by atoms with E-state index in [9.17, 15) is 4.79 Å². The fourth-order valence-electron chi connectivity index (χ4n) is 1.77. The minimum atomic E-state index is -0.248. The van der Waals surface area contributed by atoms with Crippen LogP contribution in [0.1, 0.15) is 26.7 Å². The summed E-state index contributed by atoms with van der Waals surface area (Å²) in [6, 6.07) is 0. The Bertz CT molecular complexity index is 375. The highest BCUT2D eigenvalue weighted by molar-refractivity contribution is 5.88. The SMILES string of the molecule is C=C(C)CC(CC1CO1)=C(C)C(=O)OCC1CO1. The molecule has 0 radical (unpaired) electrons. The Kier molecular flexibility index (Phi) is 4.19. The number of carbonyl (C=O) groups is 1. The van der Waals surface area contributed by atoms with E-state index in [0.29, 0.717) is 18.8 Å². The molecule has 0 spiro atoms. The van der Waals surface area contributed by atoms with Gasteiger partial charge in [0.15, 0.2) is 0 Å². The third-order valence-electron chi connectivity index (χ3n) is 3.03. The molecule has 2 atom stereocenters. The summed E-state index contributed by atoms with van der Waals surface area (Å²) in [4.78, 5) is 11.9. The van der Waals surface area contributed by atoms with Gasteiger partial charge in [0, 0.05) is 5.57 Å². The number of allylic oxidation sites excluding steroid dienone is 1. The van der Waals surface area contributed by atoms with Crippen molar-refractivity contribution in [1.29, 1.82) is 0 Å². The Labute approximate surface area is 108 Å². The first kappa shape index (κ1) is 13.3. The third kappa shape index (κ3) is 4.27. The molecule has 0 aliphatic carbocycles. The minimum Gasteiger partial charge on any atom is -0.459 e. The first-order valence-corrected chi connectivity index (χ1v) is 6.29. The summed E-state index contributed by atoms with van der Waals surface area (Å²) in [5.41, 5.74) is 2.81. The van der Waals surface area contributed by atoms with Gasteiger partial charge in [-0.3, -0.25) is 0 Å². The summed E-state index contributed by atoms with van der Waals surface area (Å²) < 4.78 is 15.4. The Morgan fingerprint density at radius 1 is 1.28 bits per heavy atom. The van der Waals surface area contributed by atoms with E-state index in [-0.39, 0.29) is 18.2 Å². The van der Waals surface area contributed by atoms with Gasteiger partial charge in [-0.25, -0.2) is 4.79 Å². The number of carbonyl (C=O) groups excluding carboxylic acids is 1. The Balaban J connectivity index is 1.94. The number of hydrogen-bond acceptors (Lipinski definition) is 4. The second-order valence-corrected chi connectivity index (χ2v) is 5.08. The lowest BCUT2D eigenvalue weighted by Crippen LogP contribution is -2.13. The largest absolute Gasteiger partial charge is 0.459 e. The molecule has 2 heterocycles. The van der Waals surface area contributed by atoms with Crippen molar-refractivity contribution in [2.45, 2.75) is 38.9 Å². The number of ether oxygens (including phenoxy) is 3. The second-order valence-electron chi connectivity index (χ2n) is 5.08. The van der Waals surface area contributed by atoms with Gasteiger partial charge in [-0.1, -0.05) is 17.7 Å². The maximum Gasteiger partial charge on any atom is 0.333 e. The van der Waals surface area contributed by atoms with Crippen LogP contribution in [0.25, 0.3) is 0 Å². The summed E-state index contributed by atoms with van der Waals surface area (Å²) in [6.07, 6.45) is 1.92. The lowest BCUT2D eigenvalue weighted by molar-refractivity contribution is -0.139. The smallest absolute Gasteiger partial charge is 0.333 e. The molecule has 2 unspecified atom stereocenters. The molecule has 18 heavy (non-hydrogen) atoms. The standard InChI is InChI=1S/C14H20O4/c1-9(2)4-11(5-12-6-16-12)10(3)14(15)18-8-13-7-17-13/h12-13H,1,4-8H2,2-3H3. The van der Waals surface area contributed by atoms with E-state index in [1.165, 1.54) is 0 Å². The van der Waals surface area contributed by atoms with E-state index >= 15 is 0 Å². The van der Waals surface area contributed by atoms with Crippen LogP contribution in [-0.4, -0.2) is 38.0 Å². The second kappa shape index (κ2) is 5.67. The lowest BCUT2D eigenvalue weighted by Gasteiger charge is -2.11. The van der Waals surface area contributed by atoms with Crippen molar-refractivity contribution in [3.63, 3.8) is 0 Å². The zero-order chi connectivity index (χ0) is 13.1. The molecule has 100 valence electrons. The average Bonchev–Trinajstić information content (AvgIpc) is 3.16. The van der Waals surface area contributed by atoms with Gasteiger partial charge in [-0.15, -0.1) is 0 Å². The zero-order valence-corrected chi connectivity index (χ0v) is 11.0. The van der Waals surface area contributed by atoms with Crippen molar-refractivity contribution in [1.82, 2.24) is 0 Å². The lowest BCUT2D eigenvalue weighted by atomic mass is 9.98. The molecule has 0 aromatic rings. The molecular formula is C14H20O4. The van der Waals surface area contributed by atoms with Crippen LogP contribution in [0.3, 0.4) is 0 Å². The number of hydrogen-bond donors (Lipinski definition) is 0. The number of rotatable bonds is 7.